The lowest BCUT2D eigenvalue weighted by Gasteiger charge is -2.28. The van der Waals surface area contributed by atoms with Gasteiger partial charge in [0.15, 0.2) is 0 Å². The maximum atomic E-state index is 11.4. The zero-order valence-electron chi connectivity index (χ0n) is 13.0. The number of aliphatic hydroxyl groups excluding tert-OH is 1. The molecule has 2 N–H and O–H groups in total. The number of ether oxygens (including phenoxy) is 1. The standard InChI is InChI=1S/C16H24O5S/c1-12(2)15(21-11-13-6-4-3-5-7-13)14(17)10-16(8-9-16)22(18,19)20/h3-7,12,14-15,17H,8-11H2,1-2H3,(H,18,19,20). The highest BCUT2D eigenvalue weighted by atomic mass is 32.2. The van der Waals surface area contributed by atoms with Crippen LogP contribution in [0.4, 0.5) is 0 Å². The monoisotopic (exact) mass is 328 g/mol. The molecule has 6 heteroatoms. The van der Waals surface area contributed by atoms with E-state index in [2.05, 4.69) is 0 Å². The van der Waals surface area contributed by atoms with E-state index in [9.17, 15) is 18.1 Å². The van der Waals surface area contributed by atoms with Gasteiger partial charge in [0, 0.05) is 0 Å². The van der Waals surface area contributed by atoms with E-state index in [0.29, 0.717) is 19.4 Å². The molecule has 0 spiro atoms. The summed E-state index contributed by atoms with van der Waals surface area (Å²) in [6.45, 7) is 4.21. The van der Waals surface area contributed by atoms with Crippen LogP contribution in [-0.4, -0.2) is 35.0 Å². The molecule has 0 amide bonds. The van der Waals surface area contributed by atoms with Crippen molar-refractivity contribution in [1.29, 1.82) is 0 Å². The minimum atomic E-state index is -4.13. The topological polar surface area (TPSA) is 83.8 Å². The summed E-state index contributed by atoms with van der Waals surface area (Å²) in [5, 5.41) is 10.4. The van der Waals surface area contributed by atoms with Gasteiger partial charge in [0.1, 0.15) is 4.75 Å². The molecule has 124 valence electrons. The minimum Gasteiger partial charge on any atom is -0.390 e. The first-order valence-corrected chi connectivity index (χ1v) is 9.00. The number of benzene rings is 1. The van der Waals surface area contributed by atoms with Gasteiger partial charge in [-0.3, -0.25) is 4.55 Å². The fraction of sp³-hybridized carbons (Fsp3) is 0.625. The zero-order valence-corrected chi connectivity index (χ0v) is 13.8. The van der Waals surface area contributed by atoms with Gasteiger partial charge in [-0.1, -0.05) is 44.2 Å². The molecule has 0 radical (unpaired) electrons. The van der Waals surface area contributed by atoms with Crippen LogP contribution in [0.25, 0.3) is 0 Å². The third kappa shape index (κ3) is 4.07. The van der Waals surface area contributed by atoms with E-state index in [1.54, 1.807) is 0 Å². The lowest BCUT2D eigenvalue weighted by atomic mass is 9.97. The minimum absolute atomic E-state index is 0.0173. The van der Waals surface area contributed by atoms with Crippen molar-refractivity contribution in [3.05, 3.63) is 35.9 Å². The van der Waals surface area contributed by atoms with Crippen LogP contribution in [0, 0.1) is 5.92 Å². The average molecular weight is 328 g/mol. The first-order valence-electron chi connectivity index (χ1n) is 7.56. The van der Waals surface area contributed by atoms with E-state index >= 15 is 0 Å². The number of aliphatic hydroxyl groups is 1. The van der Waals surface area contributed by atoms with Crippen LogP contribution < -0.4 is 0 Å². The average Bonchev–Trinajstić information content (AvgIpc) is 3.20. The highest BCUT2D eigenvalue weighted by Gasteiger charge is 2.55. The molecule has 1 aromatic carbocycles. The van der Waals surface area contributed by atoms with Gasteiger partial charge < -0.3 is 9.84 Å². The predicted molar refractivity (Wildman–Crippen MR) is 84.0 cm³/mol. The Morgan fingerprint density at radius 2 is 1.82 bits per heavy atom. The molecule has 0 heterocycles. The molecule has 2 unspecified atom stereocenters. The van der Waals surface area contributed by atoms with E-state index in [1.165, 1.54) is 0 Å². The fourth-order valence-electron chi connectivity index (χ4n) is 2.72. The lowest BCUT2D eigenvalue weighted by molar-refractivity contribution is -0.0728. The van der Waals surface area contributed by atoms with Crippen molar-refractivity contribution < 1.29 is 22.8 Å². The molecule has 2 rings (SSSR count). The van der Waals surface area contributed by atoms with Crippen molar-refractivity contribution in [2.45, 2.75) is 56.7 Å². The first kappa shape index (κ1) is 17.4. The second-order valence-electron chi connectivity index (χ2n) is 6.43. The van der Waals surface area contributed by atoms with Crippen molar-refractivity contribution in [3.63, 3.8) is 0 Å². The molecule has 1 aliphatic rings. The van der Waals surface area contributed by atoms with Gasteiger partial charge in [-0.2, -0.15) is 8.42 Å². The van der Waals surface area contributed by atoms with Crippen molar-refractivity contribution in [2.75, 3.05) is 0 Å². The van der Waals surface area contributed by atoms with Crippen molar-refractivity contribution in [2.24, 2.45) is 5.92 Å². The van der Waals surface area contributed by atoms with Crippen LogP contribution in [0.5, 0.6) is 0 Å². The summed E-state index contributed by atoms with van der Waals surface area (Å²) in [4.78, 5) is 0. The van der Waals surface area contributed by atoms with Gasteiger partial charge in [0.2, 0.25) is 0 Å². The Morgan fingerprint density at radius 3 is 2.27 bits per heavy atom. The third-order valence-electron chi connectivity index (χ3n) is 4.26. The molecule has 0 saturated heterocycles. The molecule has 2 atom stereocenters. The number of hydrogen-bond donors (Lipinski definition) is 2. The molecule has 5 nitrogen and oxygen atoms in total. The summed E-state index contributed by atoms with van der Waals surface area (Å²) >= 11 is 0. The summed E-state index contributed by atoms with van der Waals surface area (Å²) in [6.07, 6.45) is -0.588. The van der Waals surface area contributed by atoms with Gasteiger partial charge in [-0.05, 0) is 30.7 Å². The van der Waals surface area contributed by atoms with Gasteiger partial charge in [-0.25, -0.2) is 0 Å². The quantitative estimate of drug-likeness (QED) is 0.716. The van der Waals surface area contributed by atoms with Crippen molar-refractivity contribution in [1.82, 2.24) is 0 Å². The van der Waals surface area contributed by atoms with Gasteiger partial charge in [0.25, 0.3) is 10.1 Å². The maximum absolute atomic E-state index is 11.4. The predicted octanol–water partition coefficient (Wildman–Crippen LogP) is 2.40. The Hall–Kier alpha value is -0.950. The number of hydrogen-bond acceptors (Lipinski definition) is 4. The Labute approximate surface area is 132 Å². The Balaban J connectivity index is 1.99. The van der Waals surface area contributed by atoms with Crippen LogP contribution in [0.1, 0.15) is 38.7 Å². The van der Waals surface area contributed by atoms with Crippen LogP contribution in [0.15, 0.2) is 30.3 Å². The SMILES string of the molecule is CC(C)C(OCc1ccccc1)C(O)CC1(S(=O)(=O)O)CC1. The van der Waals surface area contributed by atoms with Crippen molar-refractivity contribution >= 4 is 10.1 Å². The van der Waals surface area contributed by atoms with E-state index in [4.69, 9.17) is 4.74 Å². The second-order valence-corrected chi connectivity index (χ2v) is 8.25. The molecule has 0 aromatic heterocycles. The summed E-state index contributed by atoms with van der Waals surface area (Å²) < 4.78 is 36.8. The van der Waals surface area contributed by atoms with E-state index < -0.39 is 27.1 Å². The zero-order chi connectivity index (χ0) is 16.4. The van der Waals surface area contributed by atoms with Crippen LogP contribution in [-0.2, 0) is 21.5 Å². The molecule has 1 aliphatic carbocycles. The van der Waals surface area contributed by atoms with E-state index in [1.807, 2.05) is 44.2 Å². The Kier molecular flexibility index (Phi) is 5.27. The summed E-state index contributed by atoms with van der Waals surface area (Å²) in [5.41, 5.74) is 0.997. The summed E-state index contributed by atoms with van der Waals surface area (Å²) in [6, 6.07) is 9.62. The Morgan fingerprint density at radius 1 is 1.23 bits per heavy atom. The lowest BCUT2D eigenvalue weighted by Crippen LogP contribution is -2.39. The highest BCUT2D eigenvalue weighted by molar-refractivity contribution is 7.87. The smallest absolute Gasteiger partial charge is 0.270 e. The normalized spacial score (nSPS) is 19.9. The second kappa shape index (κ2) is 6.66. The van der Waals surface area contributed by atoms with Gasteiger partial charge in [0.05, 0.1) is 18.8 Å². The molecule has 1 fully saturated rings. The van der Waals surface area contributed by atoms with Crippen molar-refractivity contribution in [3.8, 4) is 0 Å². The fourth-order valence-corrected chi connectivity index (χ4v) is 3.72. The molecule has 0 bridgehead atoms. The number of rotatable bonds is 8. The molecule has 22 heavy (non-hydrogen) atoms. The Bertz CT molecular complexity index is 578. The molecule has 1 aromatic rings. The molecule has 1 saturated carbocycles. The third-order valence-corrected chi connectivity index (χ3v) is 5.93. The molecule has 0 aliphatic heterocycles. The van der Waals surface area contributed by atoms with Crippen LogP contribution >= 0.6 is 0 Å². The first-order chi connectivity index (χ1) is 10.3. The van der Waals surface area contributed by atoms with Gasteiger partial charge >= 0.3 is 0 Å². The van der Waals surface area contributed by atoms with Crippen LogP contribution in [0.2, 0.25) is 0 Å². The van der Waals surface area contributed by atoms with E-state index in [0.717, 1.165) is 5.56 Å². The summed E-state index contributed by atoms with van der Waals surface area (Å²) in [7, 11) is -4.13. The van der Waals surface area contributed by atoms with Gasteiger partial charge in [-0.15, -0.1) is 0 Å². The van der Waals surface area contributed by atoms with E-state index in [-0.39, 0.29) is 12.3 Å². The maximum Gasteiger partial charge on any atom is 0.270 e. The summed E-state index contributed by atoms with van der Waals surface area (Å²) in [5.74, 6) is 0.0379. The highest BCUT2D eigenvalue weighted by Crippen LogP contribution is 2.47. The largest absolute Gasteiger partial charge is 0.390 e. The molecular formula is C16H24O5S. The molecular weight excluding hydrogens is 304 g/mol. The van der Waals surface area contributed by atoms with Crippen LogP contribution in [0.3, 0.4) is 0 Å².